The molecule has 2 atom stereocenters. The number of ether oxygens (including phenoxy) is 1. The van der Waals surface area contributed by atoms with Gasteiger partial charge in [0.25, 0.3) is 5.91 Å². The number of amides is 2. The number of H-pyrrole nitrogens is 1. The molecular formula is C29H29N3O3S. The Hall–Kier alpha value is -3.68. The Morgan fingerprint density at radius 3 is 2.47 bits per heavy atom. The van der Waals surface area contributed by atoms with Gasteiger partial charge in [-0.1, -0.05) is 66.7 Å². The summed E-state index contributed by atoms with van der Waals surface area (Å²) in [6.45, 7) is 1.47. The highest BCUT2D eigenvalue weighted by molar-refractivity contribution is 7.10. The molecular weight excluding hydrogens is 470 g/mol. The predicted molar refractivity (Wildman–Crippen MR) is 142 cm³/mol. The Labute approximate surface area is 214 Å². The van der Waals surface area contributed by atoms with Gasteiger partial charge in [0, 0.05) is 30.3 Å². The first-order chi connectivity index (χ1) is 17.7. The van der Waals surface area contributed by atoms with Crippen LogP contribution >= 0.6 is 11.3 Å². The third-order valence-electron chi connectivity index (χ3n) is 6.36. The summed E-state index contributed by atoms with van der Waals surface area (Å²) in [5, 5.41) is 4.99. The molecule has 6 nitrogen and oxygen atoms in total. The van der Waals surface area contributed by atoms with Crippen LogP contribution in [0.15, 0.2) is 90.3 Å². The van der Waals surface area contributed by atoms with Gasteiger partial charge in [0.1, 0.15) is 11.7 Å². The maximum absolute atomic E-state index is 14.0. The molecule has 3 heterocycles. The molecule has 0 bridgehead atoms. The Morgan fingerprint density at radius 1 is 1.00 bits per heavy atom. The highest BCUT2D eigenvalue weighted by Crippen LogP contribution is 2.30. The first kappa shape index (κ1) is 24.0. The van der Waals surface area contributed by atoms with Crippen molar-refractivity contribution < 1.29 is 14.3 Å². The normalized spacial score (nSPS) is 15.9. The standard InChI is InChI=1S/C29H29N3O3S/c33-28(30-19-23-13-7-17-35-23)27(26-14-8-18-36-26)32(20-21-9-3-1-4-10-21)29(34)25-16-15-24(31-25)22-11-5-2-6-12-22/h1-6,8-12,14-16,18,23,27,31H,7,13,17,19-20H2,(H,30,33)/t23-,27-/m1/s1. The van der Waals surface area contributed by atoms with Crippen molar-refractivity contribution in [3.05, 3.63) is 106 Å². The van der Waals surface area contributed by atoms with E-state index in [1.807, 2.05) is 84.2 Å². The van der Waals surface area contributed by atoms with Gasteiger partial charge in [-0.25, -0.2) is 0 Å². The van der Waals surface area contributed by atoms with Gasteiger partial charge in [0.05, 0.1) is 6.10 Å². The fourth-order valence-corrected chi connectivity index (χ4v) is 5.34. The average molecular weight is 500 g/mol. The van der Waals surface area contributed by atoms with Crippen LogP contribution in [0.1, 0.15) is 39.8 Å². The van der Waals surface area contributed by atoms with Crippen LogP contribution in [0.2, 0.25) is 0 Å². The Bertz CT molecular complexity index is 1270. The van der Waals surface area contributed by atoms with Crippen molar-refractivity contribution >= 4 is 23.2 Å². The Balaban J connectivity index is 1.46. The van der Waals surface area contributed by atoms with Crippen LogP contribution < -0.4 is 5.32 Å². The van der Waals surface area contributed by atoms with E-state index in [4.69, 9.17) is 4.74 Å². The van der Waals surface area contributed by atoms with Crippen LogP contribution in [0.5, 0.6) is 0 Å². The van der Waals surface area contributed by atoms with E-state index in [9.17, 15) is 9.59 Å². The smallest absolute Gasteiger partial charge is 0.271 e. The molecule has 0 spiro atoms. The SMILES string of the molecule is O=C(NC[C@H]1CCCO1)[C@@H](c1cccs1)N(Cc1ccccc1)C(=O)c1ccc(-c2ccccc2)[nH]1. The molecule has 2 aromatic heterocycles. The van der Waals surface area contributed by atoms with Crippen molar-refractivity contribution in [3.63, 3.8) is 0 Å². The summed E-state index contributed by atoms with van der Waals surface area (Å²) in [6.07, 6.45) is 1.96. The van der Waals surface area contributed by atoms with Crippen molar-refractivity contribution in [2.45, 2.75) is 31.5 Å². The Kier molecular flexibility index (Phi) is 7.59. The number of carbonyl (C=O) groups excluding carboxylic acids is 2. The quantitative estimate of drug-likeness (QED) is 0.323. The van der Waals surface area contributed by atoms with E-state index in [-0.39, 0.29) is 17.9 Å². The zero-order chi connectivity index (χ0) is 24.7. The van der Waals surface area contributed by atoms with Crippen molar-refractivity contribution in [1.82, 2.24) is 15.2 Å². The fourth-order valence-electron chi connectivity index (χ4n) is 4.51. The van der Waals surface area contributed by atoms with Gasteiger partial charge < -0.3 is 19.9 Å². The minimum absolute atomic E-state index is 0.0213. The molecule has 2 amide bonds. The molecule has 4 aromatic rings. The molecule has 5 rings (SSSR count). The molecule has 1 fully saturated rings. The van der Waals surface area contributed by atoms with Crippen LogP contribution in [-0.4, -0.2) is 41.0 Å². The zero-order valence-electron chi connectivity index (χ0n) is 19.9. The van der Waals surface area contributed by atoms with E-state index in [1.54, 1.807) is 11.0 Å². The maximum Gasteiger partial charge on any atom is 0.271 e. The Morgan fingerprint density at radius 2 is 1.78 bits per heavy atom. The molecule has 36 heavy (non-hydrogen) atoms. The lowest BCUT2D eigenvalue weighted by Crippen LogP contribution is -2.44. The number of nitrogens with zero attached hydrogens (tertiary/aromatic N) is 1. The number of nitrogens with one attached hydrogen (secondary N) is 2. The summed E-state index contributed by atoms with van der Waals surface area (Å²) in [4.78, 5) is 33.4. The molecule has 0 unspecified atom stereocenters. The van der Waals surface area contributed by atoms with Crippen molar-refractivity contribution in [2.24, 2.45) is 0 Å². The number of thiophene rings is 1. The maximum atomic E-state index is 14.0. The van der Waals surface area contributed by atoms with Crippen LogP contribution in [0.3, 0.4) is 0 Å². The lowest BCUT2D eigenvalue weighted by atomic mass is 10.1. The second kappa shape index (κ2) is 11.4. The van der Waals surface area contributed by atoms with Gasteiger partial charge in [-0.05, 0) is 47.5 Å². The number of rotatable bonds is 9. The van der Waals surface area contributed by atoms with Crippen molar-refractivity contribution in [3.8, 4) is 11.3 Å². The van der Waals surface area contributed by atoms with Crippen molar-refractivity contribution in [1.29, 1.82) is 0 Å². The third-order valence-corrected chi connectivity index (χ3v) is 7.28. The van der Waals surface area contributed by atoms with E-state index >= 15 is 0 Å². The molecule has 184 valence electrons. The molecule has 2 aromatic carbocycles. The summed E-state index contributed by atoms with van der Waals surface area (Å²) < 4.78 is 5.69. The van der Waals surface area contributed by atoms with Gasteiger partial charge in [0.15, 0.2) is 0 Å². The average Bonchev–Trinajstić information content (AvgIpc) is 3.71. The fraction of sp³-hybridized carbons (Fsp3) is 0.241. The number of aromatic nitrogens is 1. The zero-order valence-corrected chi connectivity index (χ0v) is 20.7. The minimum Gasteiger partial charge on any atom is -0.376 e. The van der Waals surface area contributed by atoms with Crippen LogP contribution in [0.4, 0.5) is 0 Å². The number of carbonyl (C=O) groups is 2. The predicted octanol–water partition coefficient (Wildman–Crippen LogP) is 5.42. The second-order valence-corrected chi connectivity index (χ2v) is 9.85. The molecule has 2 N–H and O–H groups in total. The number of hydrogen-bond acceptors (Lipinski definition) is 4. The van der Waals surface area contributed by atoms with Gasteiger partial charge in [-0.15, -0.1) is 11.3 Å². The van der Waals surface area contributed by atoms with E-state index in [0.717, 1.165) is 41.1 Å². The van der Waals surface area contributed by atoms with Gasteiger partial charge >= 0.3 is 0 Å². The lowest BCUT2D eigenvalue weighted by Gasteiger charge is -2.30. The summed E-state index contributed by atoms with van der Waals surface area (Å²) in [7, 11) is 0. The first-order valence-corrected chi connectivity index (χ1v) is 13.1. The first-order valence-electron chi connectivity index (χ1n) is 12.2. The summed E-state index contributed by atoms with van der Waals surface area (Å²) in [5.41, 5.74) is 3.25. The summed E-state index contributed by atoms with van der Waals surface area (Å²) in [6, 6.07) is 26.4. The molecule has 0 aliphatic carbocycles. The molecule has 1 saturated heterocycles. The van der Waals surface area contributed by atoms with Crippen LogP contribution in [0, 0.1) is 0 Å². The van der Waals surface area contributed by atoms with Crippen LogP contribution in [-0.2, 0) is 16.1 Å². The van der Waals surface area contributed by atoms with Crippen molar-refractivity contribution in [2.75, 3.05) is 13.2 Å². The second-order valence-electron chi connectivity index (χ2n) is 8.87. The van der Waals surface area contributed by atoms with E-state index in [1.165, 1.54) is 11.3 Å². The van der Waals surface area contributed by atoms with E-state index in [0.29, 0.717) is 18.8 Å². The van der Waals surface area contributed by atoms with Gasteiger partial charge in [0.2, 0.25) is 5.91 Å². The third kappa shape index (κ3) is 5.58. The number of aromatic amines is 1. The molecule has 1 aliphatic rings. The van der Waals surface area contributed by atoms with E-state index in [2.05, 4.69) is 10.3 Å². The minimum atomic E-state index is -0.761. The molecule has 0 radical (unpaired) electrons. The molecule has 1 aliphatic heterocycles. The number of hydrogen-bond donors (Lipinski definition) is 2. The summed E-state index contributed by atoms with van der Waals surface area (Å²) in [5.74, 6) is -0.432. The number of benzene rings is 2. The molecule has 7 heteroatoms. The van der Waals surface area contributed by atoms with Crippen LogP contribution in [0.25, 0.3) is 11.3 Å². The largest absolute Gasteiger partial charge is 0.376 e. The highest BCUT2D eigenvalue weighted by atomic mass is 32.1. The van der Waals surface area contributed by atoms with E-state index < -0.39 is 6.04 Å². The lowest BCUT2D eigenvalue weighted by molar-refractivity contribution is -0.126. The topological polar surface area (TPSA) is 74.4 Å². The molecule has 0 saturated carbocycles. The highest BCUT2D eigenvalue weighted by Gasteiger charge is 2.34. The monoisotopic (exact) mass is 499 g/mol. The summed E-state index contributed by atoms with van der Waals surface area (Å²) >= 11 is 1.47. The van der Waals surface area contributed by atoms with Gasteiger partial charge in [-0.3, -0.25) is 9.59 Å². The van der Waals surface area contributed by atoms with Gasteiger partial charge in [-0.2, -0.15) is 0 Å².